The maximum absolute atomic E-state index is 13.4. The molecule has 124 valence electrons. The van der Waals surface area contributed by atoms with Crippen molar-refractivity contribution in [3.63, 3.8) is 0 Å². The lowest BCUT2D eigenvalue weighted by Gasteiger charge is -2.20. The van der Waals surface area contributed by atoms with Crippen molar-refractivity contribution in [2.75, 3.05) is 13.6 Å². The molecule has 10 heteroatoms. The summed E-state index contributed by atoms with van der Waals surface area (Å²) < 4.78 is 51.4. The predicted molar refractivity (Wildman–Crippen MR) is 71.0 cm³/mol. The number of aromatic amines is 1. The molecule has 0 aliphatic rings. The van der Waals surface area contributed by atoms with Crippen molar-refractivity contribution in [1.29, 1.82) is 0 Å². The standard InChI is InChI=1S/C13H13F4N5O/c1-7(11-18-20-21-19-11)6-22(2)12(23)8-3-9(13(15,16)17)5-10(14)4-8/h3-5,7H,6H2,1-2H3,(H,18,19,20,21)/t7-/m0/s1. The molecule has 1 atom stereocenters. The number of likely N-dealkylation sites (N-methyl/N-ethyl adjacent to an activating group) is 1. The average Bonchev–Trinajstić information content (AvgIpc) is 2.99. The second-order valence-corrected chi connectivity index (χ2v) is 5.08. The first-order chi connectivity index (χ1) is 10.7. The van der Waals surface area contributed by atoms with Crippen LogP contribution < -0.4 is 0 Å². The van der Waals surface area contributed by atoms with Crippen LogP contribution in [0, 0.1) is 5.82 Å². The number of nitrogens with one attached hydrogen (secondary N) is 1. The van der Waals surface area contributed by atoms with E-state index in [9.17, 15) is 22.4 Å². The Bertz CT molecular complexity index is 686. The van der Waals surface area contributed by atoms with Gasteiger partial charge in [-0.05, 0) is 18.2 Å². The number of aromatic nitrogens is 4. The van der Waals surface area contributed by atoms with Crippen LogP contribution >= 0.6 is 0 Å². The van der Waals surface area contributed by atoms with Crippen molar-refractivity contribution in [3.8, 4) is 0 Å². The highest BCUT2D eigenvalue weighted by molar-refractivity contribution is 5.94. The van der Waals surface area contributed by atoms with Crippen LogP contribution in [0.3, 0.4) is 0 Å². The lowest BCUT2D eigenvalue weighted by molar-refractivity contribution is -0.137. The van der Waals surface area contributed by atoms with Gasteiger partial charge in [0.25, 0.3) is 5.91 Å². The van der Waals surface area contributed by atoms with Crippen molar-refractivity contribution >= 4 is 5.91 Å². The smallest absolute Gasteiger partial charge is 0.341 e. The molecule has 0 fully saturated rings. The Kier molecular flexibility index (Phi) is 4.62. The van der Waals surface area contributed by atoms with Crippen LogP contribution in [0.1, 0.15) is 34.6 Å². The van der Waals surface area contributed by atoms with Crippen LogP contribution in [0.25, 0.3) is 0 Å². The van der Waals surface area contributed by atoms with Gasteiger partial charge in [-0.2, -0.15) is 18.4 Å². The molecule has 0 aliphatic heterocycles. The van der Waals surface area contributed by atoms with Gasteiger partial charge >= 0.3 is 6.18 Å². The molecule has 0 bridgehead atoms. The third kappa shape index (κ3) is 4.02. The van der Waals surface area contributed by atoms with E-state index in [1.807, 2.05) is 0 Å². The van der Waals surface area contributed by atoms with E-state index in [0.717, 1.165) is 6.07 Å². The molecule has 2 rings (SSSR count). The molecule has 1 aromatic carbocycles. The fourth-order valence-electron chi connectivity index (χ4n) is 2.05. The highest BCUT2D eigenvalue weighted by Gasteiger charge is 2.32. The van der Waals surface area contributed by atoms with Gasteiger partial charge in [0.2, 0.25) is 0 Å². The van der Waals surface area contributed by atoms with E-state index < -0.39 is 23.5 Å². The Morgan fingerprint density at radius 3 is 2.61 bits per heavy atom. The molecular weight excluding hydrogens is 318 g/mol. The van der Waals surface area contributed by atoms with E-state index in [0.29, 0.717) is 18.0 Å². The Labute approximate surface area is 128 Å². The summed E-state index contributed by atoms with van der Waals surface area (Å²) >= 11 is 0. The summed E-state index contributed by atoms with van der Waals surface area (Å²) in [5.74, 6) is -1.79. The largest absolute Gasteiger partial charge is 0.416 e. The Morgan fingerprint density at radius 2 is 2.04 bits per heavy atom. The molecule has 0 aliphatic carbocycles. The maximum atomic E-state index is 13.4. The number of hydrogen-bond donors (Lipinski definition) is 1. The average molecular weight is 331 g/mol. The highest BCUT2D eigenvalue weighted by Crippen LogP contribution is 2.30. The van der Waals surface area contributed by atoms with Crippen molar-refractivity contribution in [1.82, 2.24) is 25.5 Å². The van der Waals surface area contributed by atoms with Crippen LogP contribution in [0.15, 0.2) is 18.2 Å². The SMILES string of the molecule is C[C@@H](CN(C)C(=O)c1cc(F)cc(C(F)(F)F)c1)c1nn[nH]n1. The first-order valence-corrected chi connectivity index (χ1v) is 6.55. The molecule has 6 nitrogen and oxygen atoms in total. The monoisotopic (exact) mass is 331 g/mol. The first-order valence-electron chi connectivity index (χ1n) is 6.55. The van der Waals surface area contributed by atoms with Gasteiger partial charge in [-0.15, -0.1) is 10.2 Å². The van der Waals surface area contributed by atoms with E-state index in [1.54, 1.807) is 6.92 Å². The van der Waals surface area contributed by atoms with Crippen LogP contribution in [0.5, 0.6) is 0 Å². The fourth-order valence-corrected chi connectivity index (χ4v) is 2.05. The van der Waals surface area contributed by atoms with E-state index in [-0.39, 0.29) is 18.0 Å². The fraction of sp³-hybridized carbons (Fsp3) is 0.385. The number of benzene rings is 1. The van der Waals surface area contributed by atoms with Gasteiger partial charge in [-0.3, -0.25) is 4.79 Å². The summed E-state index contributed by atoms with van der Waals surface area (Å²) in [6.07, 6.45) is -4.73. The number of alkyl halides is 3. The molecule has 1 aromatic heterocycles. The minimum atomic E-state index is -4.73. The lowest BCUT2D eigenvalue weighted by atomic mass is 10.1. The van der Waals surface area contributed by atoms with Gasteiger partial charge in [0.1, 0.15) is 5.82 Å². The number of nitrogens with zero attached hydrogens (tertiary/aromatic N) is 4. The number of halogens is 4. The number of carbonyl (C=O) groups is 1. The number of hydrogen-bond acceptors (Lipinski definition) is 4. The number of amides is 1. The molecule has 1 N–H and O–H groups in total. The number of tetrazole rings is 1. The zero-order chi connectivity index (χ0) is 17.2. The minimum Gasteiger partial charge on any atom is -0.341 e. The van der Waals surface area contributed by atoms with Crippen LogP contribution in [-0.2, 0) is 6.18 Å². The van der Waals surface area contributed by atoms with Crippen LogP contribution in [0.2, 0.25) is 0 Å². The third-order valence-corrected chi connectivity index (χ3v) is 3.17. The van der Waals surface area contributed by atoms with Gasteiger partial charge in [0, 0.05) is 25.1 Å². The predicted octanol–water partition coefficient (Wildman–Crippen LogP) is 2.23. The Hall–Kier alpha value is -2.52. The molecule has 0 unspecified atom stereocenters. The summed E-state index contributed by atoms with van der Waals surface area (Å²) in [4.78, 5) is 13.4. The highest BCUT2D eigenvalue weighted by atomic mass is 19.4. The minimum absolute atomic E-state index is 0.135. The molecule has 0 spiro atoms. The summed E-state index contributed by atoms with van der Waals surface area (Å²) in [5, 5.41) is 13.2. The molecule has 1 heterocycles. The number of rotatable bonds is 4. The summed E-state index contributed by atoms with van der Waals surface area (Å²) in [6.45, 7) is 1.86. The second kappa shape index (κ2) is 6.31. The quantitative estimate of drug-likeness (QED) is 0.872. The van der Waals surface area contributed by atoms with Gasteiger partial charge in [-0.25, -0.2) is 4.39 Å². The molecule has 0 saturated heterocycles. The topological polar surface area (TPSA) is 74.8 Å². The third-order valence-electron chi connectivity index (χ3n) is 3.17. The van der Waals surface area contributed by atoms with Crippen molar-refractivity contribution < 1.29 is 22.4 Å². The molecule has 0 saturated carbocycles. The molecule has 0 radical (unpaired) electrons. The lowest BCUT2D eigenvalue weighted by Crippen LogP contribution is -2.31. The van der Waals surface area contributed by atoms with Gasteiger partial charge in [0.15, 0.2) is 5.82 Å². The number of carbonyl (C=O) groups excluding carboxylic acids is 1. The van der Waals surface area contributed by atoms with Gasteiger partial charge < -0.3 is 4.90 Å². The maximum Gasteiger partial charge on any atom is 0.416 e. The summed E-state index contributed by atoms with van der Waals surface area (Å²) in [7, 11) is 1.40. The zero-order valence-corrected chi connectivity index (χ0v) is 12.2. The van der Waals surface area contributed by atoms with E-state index in [2.05, 4.69) is 20.6 Å². The Balaban J connectivity index is 2.18. The zero-order valence-electron chi connectivity index (χ0n) is 12.2. The van der Waals surface area contributed by atoms with E-state index >= 15 is 0 Å². The summed E-state index contributed by atoms with van der Waals surface area (Å²) in [5.41, 5.74) is -1.58. The van der Waals surface area contributed by atoms with E-state index in [4.69, 9.17) is 0 Å². The van der Waals surface area contributed by atoms with Gasteiger partial charge in [0.05, 0.1) is 5.56 Å². The van der Waals surface area contributed by atoms with Crippen molar-refractivity contribution in [3.05, 3.63) is 41.0 Å². The van der Waals surface area contributed by atoms with Crippen LogP contribution in [-0.4, -0.2) is 45.0 Å². The molecule has 23 heavy (non-hydrogen) atoms. The molecular formula is C13H13F4N5O. The van der Waals surface area contributed by atoms with Crippen LogP contribution in [0.4, 0.5) is 17.6 Å². The number of H-pyrrole nitrogens is 1. The van der Waals surface area contributed by atoms with E-state index in [1.165, 1.54) is 11.9 Å². The summed E-state index contributed by atoms with van der Waals surface area (Å²) in [6, 6.07) is 1.74. The molecule has 1 amide bonds. The van der Waals surface area contributed by atoms with Crippen molar-refractivity contribution in [2.45, 2.75) is 19.0 Å². The van der Waals surface area contributed by atoms with Gasteiger partial charge in [-0.1, -0.05) is 12.1 Å². The second-order valence-electron chi connectivity index (χ2n) is 5.08. The van der Waals surface area contributed by atoms with Crippen molar-refractivity contribution in [2.24, 2.45) is 0 Å². The molecule has 2 aromatic rings. The first kappa shape index (κ1) is 16.8. The Morgan fingerprint density at radius 1 is 1.35 bits per heavy atom. The normalized spacial score (nSPS) is 13.0.